The van der Waals surface area contributed by atoms with Gasteiger partial charge in [-0.3, -0.25) is 0 Å². The van der Waals surface area contributed by atoms with Crippen molar-refractivity contribution in [2.45, 2.75) is 64.9 Å². The van der Waals surface area contributed by atoms with Crippen molar-refractivity contribution < 1.29 is 17.9 Å². The lowest BCUT2D eigenvalue weighted by Crippen LogP contribution is -2.21. The van der Waals surface area contributed by atoms with E-state index < -0.39 is 23.6 Å². The number of hydrogen-bond acceptors (Lipinski definition) is 1. The topological polar surface area (TPSA) is 9.23 Å². The minimum absolute atomic E-state index is 0.0466. The molecule has 4 heteroatoms. The fourth-order valence-electron chi connectivity index (χ4n) is 3.98. The molecule has 2 aromatic rings. The highest BCUT2D eigenvalue weighted by molar-refractivity contribution is 5.66. The van der Waals surface area contributed by atoms with Crippen LogP contribution in [-0.4, -0.2) is 6.61 Å². The first-order valence-corrected chi connectivity index (χ1v) is 10.4. The molecule has 1 aliphatic rings. The lowest BCUT2D eigenvalue weighted by molar-refractivity contribution is -0.0218. The maximum absolute atomic E-state index is 14.8. The molecule has 3 rings (SSSR count). The second kappa shape index (κ2) is 9.60. The van der Waals surface area contributed by atoms with Crippen LogP contribution in [0.4, 0.5) is 13.2 Å². The van der Waals surface area contributed by atoms with Gasteiger partial charge in [0.25, 0.3) is 0 Å². The highest BCUT2D eigenvalue weighted by Crippen LogP contribution is 2.37. The van der Waals surface area contributed by atoms with Gasteiger partial charge in [-0.25, -0.2) is 13.2 Å². The highest BCUT2D eigenvalue weighted by Gasteiger charge is 2.27. The third-order valence-electron chi connectivity index (χ3n) is 5.78. The van der Waals surface area contributed by atoms with Gasteiger partial charge in [-0.05, 0) is 43.2 Å². The quantitative estimate of drug-likeness (QED) is 0.448. The Labute approximate surface area is 165 Å². The van der Waals surface area contributed by atoms with Crippen LogP contribution < -0.4 is 0 Å². The van der Waals surface area contributed by atoms with Crippen LogP contribution in [0.1, 0.15) is 69.6 Å². The van der Waals surface area contributed by atoms with E-state index in [2.05, 4.69) is 6.92 Å². The zero-order valence-corrected chi connectivity index (χ0v) is 16.7. The molecular formula is C24H29F3O. The van der Waals surface area contributed by atoms with Gasteiger partial charge >= 0.3 is 0 Å². The molecule has 0 aromatic heterocycles. The Kier molecular flexibility index (Phi) is 7.17. The predicted octanol–water partition coefficient (Wildman–Crippen LogP) is 7.38. The molecule has 1 fully saturated rings. The summed E-state index contributed by atoms with van der Waals surface area (Å²) in [4.78, 5) is 0. The average molecular weight is 390 g/mol. The lowest BCUT2D eigenvalue weighted by Gasteiger charge is -2.29. The number of hydrogen-bond donors (Lipinski definition) is 0. The number of halogens is 3. The smallest absolute Gasteiger partial charge is 0.167 e. The molecule has 0 bridgehead atoms. The van der Waals surface area contributed by atoms with Gasteiger partial charge in [-0.15, -0.1) is 0 Å². The van der Waals surface area contributed by atoms with Crippen LogP contribution >= 0.6 is 0 Å². The van der Waals surface area contributed by atoms with E-state index in [1.165, 1.54) is 37.5 Å². The average Bonchev–Trinajstić information content (AvgIpc) is 2.71. The zero-order valence-electron chi connectivity index (χ0n) is 16.7. The first kappa shape index (κ1) is 20.9. The van der Waals surface area contributed by atoms with Crippen molar-refractivity contribution >= 4 is 0 Å². The molecule has 0 amide bonds. The summed E-state index contributed by atoms with van der Waals surface area (Å²) in [7, 11) is 0. The zero-order chi connectivity index (χ0) is 20.1. The van der Waals surface area contributed by atoms with Crippen molar-refractivity contribution in [3.05, 3.63) is 58.9 Å². The fraction of sp³-hybridized carbons (Fsp3) is 0.500. The highest BCUT2D eigenvalue weighted by atomic mass is 19.2. The molecule has 2 atom stereocenters. The second-order valence-corrected chi connectivity index (χ2v) is 7.76. The van der Waals surface area contributed by atoms with E-state index >= 15 is 0 Å². The second-order valence-electron chi connectivity index (χ2n) is 7.76. The maximum atomic E-state index is 14.8. The number of rotatable bonds is 7. The lowest BCUT2D eigenvalue weighted by atomic mass is 9.90. The van der Waals surface area contributed by atoms with Gasteiger partial charge in [-0.1, -0.05) is 57.4 Å². The number of benzene rings is 2. The molecule has 1 saturated heterocycles. The SMILES string of the molecule is CCCCCC1CCC(c2ccc(-c3ccc(CC)cc3F)c(F)c2F)OC1. The molecule has 1 heterocycles. The molecular weight excluding hydrogens is 361 g/mol. The molecule has 2 aromatic carbocycles. The van der Waals surface area contributed by atoms with E-state index in [9.17, 15) is 13.2 Å². The van der Waals surface area contributed by atoms with Gasteiger partial charge in [0.2, 0.25) is 0 Å². The van der Waals surface area contributed by atoms with E-state index in [0.717, 1.165) is 18.4 Å². The summed E-state index contributed by atoms with van der Waals surface area (Å²) in [5, 5.41) is 0. The predicted molar refractivity (Wildman–Crippen MR) is 107 cm³/mol. The van der Waals surface area contributed by atoms with Crippen LogP contribution in [0, 0.1) is 23.4 Å². The van der Waals surface area contributed by atoms with Gasteiger partial charge in [0, 0.05) is 16.7 Å². The van der Waals surface area contributed by atoms with E-state index in [-0.39, 0.29) is 16.7 Å². The normalized spacial score (nSPS) is 19.8. The van der Waals surface area contributed by atoms with Crippen LogP contribution in [0.3, 0.4) is 0 Å². The van der Waals surface area contributed by atoms with E-state index in [0.29, 0.717) is 25.4 Å². The Hall–Kier alpha value is -1.81. The first-order valence-electron chi connectivity index (χ1n) is 10.4. The summed E-state index contributed by atoms with van der Waals surface area (Å²) < 4.78 is 49.7. The van der Waals surface area contributed by atoms with Gasteiger partial charge in [0.15, 0.2) is 11.6 Å². The standard InChI is InChI=1S/C24H29F3O/c1-3-5-6-7-17-9-13-22(28-15-17)20-12-11-19(23(26)24(20)27)18-10-8-16(4-2)14-21(18)25/h8,10-12,14,17,22H,3-7,9,13,15H2,1-2H3. The van der Waals surface area contributed by atoms with Crippen LogP contribution in [0.2, 0.25) is 0 Å². The molecule has 2 unspecified atom stereocenters. The van der Waals surface area contributed by atoms with Gasteiger partial charge in [0.05, 0.1) is 12.7 Å². The van der Waals surface area contributed by atoms with Crippen molar-refractivity contribution in [2.24, 2.45) is 5.92 Å². The Morgan fingerprint density at radius 1 is 0.929 bits per heavy atom. The molecule has 0 saturated carbocycles. The Balaban J connectivity index is 1.74. The van der Waals surface area contributed by atoms with Crippen LogP contribution in [0.5, 0.6) is 0 Å². The molecule has 0 radical (unpaired) electrons. The van der Waals surface area contributed by atoms with Gasteiger partial charge < -0.3 is 4.74 Å². The van der Waals surface area contributed by atoms with Crippen molar-refractivity contribution in [3.63, 3.8) is 0 Å². The largest absolute Gasteiger partial charge is 0.373 e. The molecule has 1 aliphatic heterocycles. The summed E-state index contributed by atoms with van der Waals surface area (Å²) in [5.41, 5.74) is 1.09. The molecule has 0 N–H and O–H groups in total. The maximum Gasteiger partial charge on any atom is 0.167 e. The minimum atomic E-state index is -1.01. The summed E-state index contributed by atoms with van der Waals surface area (Å²) >= 11 is 0. The Morgan fingerprint density at radius 3 is 2.36 bits per heavy atom. The van der Waals surface area contributed by atoms with Crippen LogP contribution in [0.15, 0.2) is 30.3 Å². The van der Waals surface area contributed by atoms with Gasteiger partial charge in [0.1, 0.15) is 5.82 Å². The van der Waals surface area contributed by atoms with Gasteiger partial charge in [-0.2, -0.15) is 0 Å². The summed E-state index contributed by atoms with van der Waals surface area (Å²) in [6, 6.07) is 7.65. The summed E-state index contributed by atoms with van der Waals surface area (Å²) in [6.07, 6.45) is 6.63. The minimum Gasteiger partial charge on any atom is -0.373 e. The number of ether oxygens (including phenoxy) is 1. The monoisotopic (exact) mass is 390 g/mol. The summed E-state index contributed by atoms with van der Waals surface area (Å²) in [5.74, 6) is -1.96. The van der Waals surface area contributed by atoms with E-state index in [4.69, 9.17) is 4.74 Å². The van der Waals surface area contributed by atoms with E-state index in [1.54, 1.807) is 12.1 Å². The Bertz CT molecular complexity index is 795. The molecule has 152 valence electrons. The number of aryl methyl sites for hydroxylation is 1. The fourth-order valence-corrected chi connectivity index (χ4v) is 3.98. The van der Waals surface area contributed by atoms with Crippen LogP contribution in [0.25, 0.3) is 11.1 Å². The molecule has 1 nitrogen and oxygen atoms in total. The van der Waals surface area contributed by atoms with E-state index in [1.807, 2.05) is 6.92 Å². The van der Waals surface area contributed by atoms with Crippen molar-refractivity contribution in [1.82, 2.24) is 0 Å². The third kappa shape index (κ3) is 4.60. The molecule has 28 heavy (non-hydrogen) atoms. The molecule has 0 spiro atoms. The van der Waals surface area contributed by atoms with Crippen molar-refractivity contribution in [2.75, 3.05) is 6.61 Å². The summed E-state index contributed by atoms with van der Waals surface area (Å²) in [6.45, 7) is 4.69. The van der Waals surface area contributed by atoms with Crippen molar-refractivity contribution in [1.29, 1.82) is 0 Å². The molecule has 0 aliphatic carbocycles. The third-order valence-corrected chi connectivity index (χ3v) is 5.78. The number of unbranched alkanes of at least 4 members (excludes halogenated alkanes) is 2. The first-order chi connectivity index (χ1) is 13.5. The van der Waals surface area contributed by atoms with Crippen LogP contribution in [-0.2, 0) is 11.2 Å². The Morgan fingerprint density at radius 2 is 1.71 bits per heavy atom. The van der Waals surface area contributed by atoms with Crippen molar-refractivity contribution in [3.8, 4) is 11.1 Å².